The zero-order chi connectivity index (χ0) is 17.2. The maximum atomic E-state index is 12.0. The van der Waals surface area contributed by atoms with E-state index >= 15 is 0 Å². The van der Waals surface area contributed by atoms with Crippen LogP contribution in [-0.2, 0) is 10.5 Å². The molecule has 24 heavy (non-hydrogen) atoms. The monoisotopic (exact) mass is 343 g/mol. The average Bonchev–Trinajstić information content (AvgIpc) is 2.62. The smallest absolute Gasteiger partial charge is 0.234 e. The van der Waals surface area contributed by atoms with Crippen molar-refractivity contribution in [2.75, 3.05) is 24.8 Å². The Balaban J connectivity index is 1.73. The molecule has 126 valence electrons. The predicted molar refractivity (Wildman–Crippen MR) is 99.9 cm³/mol. The molecular weight excluding hydrogens is 322 g/mol. The van der Waals surface area contributed by atoms with E-state index in [0.717, 1.165) is 28.5 Å². The number of benzene rings is 2. The van der Waals surface area contributed by atoms with Crippen LogP contribution in [0.4, 0.5) is 5.69 Å². The summed E-state index contributed by atoms with van der Waals surface area (Å²) in [6.07, 6.45) is 1.69. The molecule has 0 spiro atoms. The topological polar surface area (TPSA) is 47.6 Å². The molecule has 0 atom stereocenters. The number of thioether (sulfide) groups is 1. The van der Waals surface area contributed by atoms with E-state index in [0.29, 0.717) is 12.4 Å². The van der Waals surface area contributed by atoms with Crippen molar-refractivity contribution in [3.05, 3.63) is 66.7 Å². The Labute approximate surface area is 146 Å². The second kappa shape index (κ2) is 9.67. The van der Waals surface area contributed by atoms with Crippen LogP contribution in [0.3, 0.4) is 0 Å². The molecule has 0 radical (unpaired) electrons. The molecule has 0 aliphatic rings. The molecule has 0 unspecified atom stereocenters. The van der Waals surface area contributed by atoms with E-state index in [9.17, 15) is 4.79 Å². The highest BCUT2D eigenvalue weighted by Gasteiger charge is 2.04. The van der Waals surface area contributed by atoms with E-state index in [1.54, 1.807) is 24.9 Å². The van der Waals surface area contributed by atoms with Crippen molar-refractivity contribution in [2.24, 2.45) is 0 Å². The number of hydrogen-bond acceptors (Lipinski definition) is 4. The van der Waals surface area contributed by atoms with Crippen molar-refractivity contribution >= 4 is 23.4 Å². The lowest BCUT2D eigenvalue weighted by atomic mass is 10.2. The summed E-state index contributed by atoms with van der Waals surface area (Å²) < 4.78 is 10.5. The van der Waals surface area contributed by atoms with Crippen molar-refractivity contribution in [3.8, 4) is 11.5 Å². The van der Waals surface area contributed by atoms with E-state index in [-0.39, 0.29) is 5.91 Å². The average molecular weight is 343 g/mol. The van der Waals surface area contributed by atoms with Gasteiger partial charge in [0.05, 0.1) is 12.9 Å². The number of hydrogen-bond donors (Lipinski definition) is 1. The van der Waals surface area contributed by atoms with E-state index in [4.69, 9.17) is 9.47 Å². The van der Waals surface area contributed by atoms with Gasteiger partial charge in [0.25, 0.3) is 0 Å². The lowest BCUT2D eigenvalue weighted by molar-refractivity contribution is -0.113. The first-order valence-electron chi connectivity index (χ1n) is 7.55. The molecule has 0 aliphatic carbocycles. The maximum absolute atomic E-state index is 12.0. The molecule has 2 aromatic carbocycles. The van der Waals surface area contributed by atoms with Gasteiger partial charge in [-0.2, -0.15) is 0 Å². The predicted octanol–water partition coefficient (Wildman–Crippen LogP) is 4.13. The van der Waals surface area contributed by atoms with Crippen molar-refractivity contribution in [1.29, 1.82) is 0 Å². The number of amides is 1. The number of carbonyl (C=O) groups excluding carboxylic acids is 1. The standard InChI is InChI=1S/C19H21NO3S/c1-3-12-23-18-10-6-16(7-11-18)20-19(21)14-24-13-15-4-8-17(22-2)9-5-15/h3-11H,1,12-14H2,2H3,(H,20,21). The van der Waals surface area contributed by atoms with E-state index < -0.39 is 0 Å². The molecule has 0 fully saturated rings. The van der Waals surface area contributed by atoms with Gasteiger partial charge in [-0.15, -0.1) is 11.8 Å². The number of rotatable bonds is 9. The summed E-state index contributed by atoms with van der Waals surface area (Å²) in [5.74, 6) is 2.75. The number of ether oxygens (including phenoxy) is 2. The first kappa shape index (κ1) is 17.9. The summed E-state index contributed by atoms with van der Waals surface area (Å²) in [7, 11) is 1.65. The zero-order valence-electron chi connectivity index (χ0n) is 13.7. The van der Waals surface area contributed by atoms with Crippen molar-refractivity contribution in [1.82, 2.24) is 0 Å². The number of methoxy groups -OCH3 is 1. The molecule has 2 aromatic rings. The van der Waals surface area contributed by atoms with Gasteiger partial charge < -0.3 is 14.8 Å². The van der Waals surface area contributed by atoms with E-state index in [1.807, 2.05) is 48.5 Å². The van der Waals surface area contributed by atoms with Gasteiger partial charge in [0, 0.05) is 11.4 Å². The highest BCUT2D eigenvalue weighted by atomic mass is 32.2. The molecule has 2 rings (SSSR count). The Kier molecular flexibility index (Phi) is 7.23. The largest absolute Gasteiger partial charge is 0.497 e. The minimum Gasteiger partial charge on any atom is -0.497 e. The van der Waals surface area contributed by atoms with Crippen LogP contribution in [0, 0.1) is 0 Å². The molecule has 0 aliphatic heterocycles. The van der Waals surface area contributed by atoms with Gasteiger partial charge in [-0.05, 0) is 42.0 Å². The number of carbonyl (C=O) groups is 1. The van der Waals surface area contributed by atoms with Crippen LogP contribution >= 0.6 is 11.8 Å². The van der Waals surface area contributed by atoms with Crippen LogP contribution in [0.15, 0.2) is 61.2 Å². The molecule has 0 aromatic heterocycles. The summed E-state index contributed by atoms with van der Waals surface area (Å²) >= 11 is 1.57. The van der Waals surface area contributed by atoms with Crippen LogP contribution in [-0.4, -0.2) is 25.4 Å². The van der Waals surface area contributed by atoms with Gasteiger partial charge >= 0.3 is 0 Å². The third kappa shape index (κ3) is 6.01. The molecule has 1 amide bonds. The van der Waals surface area contributed by atoms with Gasteiger partial charge in [0.15, 0.2) is 0 Å². The highest BCUT2D eigenvalue weighted by Crippen LogP contribution is 2.18. The molecule has 5 heteroatoms. The van der Waals surface area contributed by atoms with E-state index in [1.165, 1.54) is 0 Å². The van der Waals surface area contributed by atoms with Crippen LogP contribution in [0.2, 0.25) is 0 Å². The fourth-order valence-electron chi connectivity index (χ4n) is 1.97. The van der Waals surface area contributed by atoms with Crippen molar-refractivity contribution in [3.63, 3.8) is 0 Å². The van der Waals surface area contributed by atoms with Gasteiger partial charge in [0.1, 0.15) is 18.1 Å². The maximum Gasteiger partial charge on any atom is 0.234 e. The Bertz CT molecular complexity index is 653. The second-order valence-corrected chi connectivity index (χ2v) is 6.00. The molecule has 0 heterocycles. The van der Waals surface area contributed by atoms with Crippen LogP contribution in [0.1, 0.15) is 5.56 Å². The lowest BCUT2D eigenvalue weighted by Gasteiger charge is -2.07. The highest BCUT2D eigenvalue weighted by molar-refractivity contribution is 7.99. The zero-order valence-corrected chi connectivity index (χ0v) is 14.5. The Morgan fingerprint density at radius 2 is 1.79 bits per heavy atom. The Hall–Kier alpha value is -2.40. The first-order chi connectivity index (χ1) is 11.7. The lowest BCUT2D eigenvalue weighted by Crippen LogP contribution is -2.14. The van der Waals surface area contributed by atoms with E-state index in [2.05, 4.69) is 11.9 Å². The summed E-state index contributed by atoms with van der Waals surface area (Å²) in [6, 6.07) is 15.2. The molecule has 4 nitrogen and oxygen atoms in total. The van der Waals surface area contributed by atoms with Gasteiger partial charge in [-0.3, -0.25) is 4.79 Å². The normalized spacial score (nSPS) is 10.0. The molecule has 0 bridgehead atoms. The third-order valence-corrected chi connectivity index (χ3v) is 4.17. The minimum absolute atomic E-state index is 0.0201. The third-order valence-electron chi connectivity index (χ3n) is 3.17. The fraction of sp³-hybridized carbons (Fsp3) is 0.211. The van der Waals surface area contributed by atoms with Crippen LogP contribution < -0.4 is 14.8 Å². The minimum atomic E-state index is -0.0201. The molecule has 0 saturated heterocycles. The number of anilines is 1. The van der Waals surface area contributed by atoms with Crippen LogP contribution in [0.25, 0.3) is 0 Å². The van der Waals surface area contributed by atoms with Crippen molar-refractivity contribution in [2.45, 2.75) is 5.75 Å². The Morgan fingerprint density at radius 3 is 2.42 bits per heavy atom. The number of nitrogens with one attached hydrogen (secondary N) is 1. The van der Waals surface area contributed by atoms with Gasteiger partial charge in [-0.25, -0.2) is 0 Å². The fourth-order valence-corrected chi connectivity index (χ4v) is 2.76. The molecular formula is C19H21NO3S. The first-order valence-corrected chi connectivity index (χ1v) is 8.71. The second-order valence-electron chi connectivity index (χ2n) is 5.01. The summed E-state index contributed by atoms with van der Waals surface area (Å²) in [5.41, 5.74) is 1.92. The molecule has 0 saturated carbocycles. The summed E-state index contributed by atoms with van der Waals surface area (Å²) in [4.78, 5) is 12.0. The van der Waals surface area contributed by atoms with Crippen LogP contribution in [0.5, 0.6) is 11.5 Å². The Morgan fingerprint density at radius 1 is 1.12 bits per heavy atom. The molecule has 1 N–H and O–H groups in total. The summed E-state index contributed by atoms with van der Waals surface area (Å²) in [6.45, 7) is 4.07. The summed E-state index contributed by atoms with van der Waals surface area (Å²) in [5, 5.41) is 2.87. The quantitative estimate of drug-likeness (QED) is 0.696. The van der Waals surface area contributed by atoms with Gasteiger partial charge in [0.2, 0.25) is 5.91 Å². The van der Waals surface area contributed by atoms with Crippen molar-refractivity contribution < 1.29 is 14.3 Å². The van der Waals surface area contributed by atoms with Gasteiger partial charge in [-0.1, -0.05) is 24.8 Å². The SMILES string of the molecule is C=CCOc1ccc(NC(=O)CSCc2ccc(OC)cc2)cc1.